The maximum absolute atomic E-state index is 12.8. The zero-order valence-electron chi connectivity index (χ0n) is 13.4. The van der Waals surface area contributed by atoms with E-state index in [9.17, 15) is 18.0 Å². The molecule has 1 aromatic carbocycles. The molecule has 1 aliphatic carbocycles. The van der Waals surface area contributed by atoms with Crippen LogP contribution in [0.3, 0.4) is 0 Å². The predicted molar refractivity (Wildman–Crippen MR) is 89.2 cm³/mol. The predicted octanol–water partition coefficient (Wildman–Crippen LogP) is 5.00. The van der Waals surface area contributed by atoms with Gasteiger partial charge in [-0.2, -0.15) is 13.2 Å². The van der Waals surface area contributed by atoms with E-state index in [-0.39, 0.29) is 29.9 Å². The van der Waals surface area contributed by atoms with Gasteiger partial charge in [-0.3, -0.25) is 4.79 Å². The van der Waals surface area contributed by atoms with Crippen LogP contribution in [0.2, 0.25) is 5.02 Å². The van der Waals surface area contributed by atoms with Crippen molar-refractivity contribution >= 4 is 23.2 Å². The molecule has 1 aliphatic rings. The van der Waals surface area contributed by atoms with Crippen molar-refractivity contribution < 1.29 is 18.0 Å². The van der Waals surface area contributed by atoms with Crippen LogP contribution in [0.15, 0.2) is 18.2 Å². The van der Waals surface area contributed by atoms with Crippen molar-refractivity contribution in [1.29, 1.82) is 0 Å². The van der Waals surface area contributed by atoms with E-state index in [0.717, 1.165) is 31.7 Å². The topological polar surface area (TPSA) is 41.1 Å². The van der Waals surface area contributed by atoms with E-state index in [0.29, 0.717) is 5.69 Å². The monoisotopic (exact) mass is 362 g/mol. The average Bonchev–Trinajstić information content (AvgIpc) is 2.76. The van der Waals surface area contributed by atoms with Crippen LogP contribution in [0.4, 0.5) is 18.9 Å². The van der Waals surface area contributed by atoms with Gasteiger partial charge in [-0.1, -0.05) is 37.3 Å². The summed E-state index contributed by atoms with van der Waals surface area (Å²) in [6.45, 7) is 0.275. The second-order valence-electron chi connectivity index (χ2n) is 6.13. The van der Waals surface area contributed by atoms with Crippen LogP contribution in [-0.2, 0) is 11.0 Å². The van der Waals surface area contributed by atoms with Gasteiger partial charge in [0, 0.05) is 24.7 Å². The molecule has 0 bridgehead atoms. The maximum atomic E-state index is 12.8. The fraction of sp³-hybridized carbons (Fsp3) is 0.588. The summed E-state index contributed by atoms with van der Waals surface area (Å²) in [6.07, 6.45) is 2.43. The molecule has 0 radical (unpaired) electrons. The smallest absolute Gasteiger partial charge is 0.385 e. The van der Waals surface area contributed by atoms with Gasteiger partial charge in [0.25, 0.3) is 0 Å². The van der Waals surface area contributed by atoms with Crippen molar-refractivity contribution in [1.82, 2.24) is 5.32 Å². The lowest BCUT2D eigenvalue weighted by Gasteiger charge is -2.16. The van der Waals surface area contributed by atoms with E-state index in [4.69, 9.17) is 11.6 Å². The Labute approximate surface area is 145 Å². The summed E-state index contributed by atoms with van der Waals surface area (Å²) in [5.41, 5.74) is -0.578. The van der Waals surface area contributed by atoms with E-state index < -0.39 is 11.7 Å². The van der Waals surface area contributed by atoms with Crippen molar-refractivity contribution in [2.45, 2.75) is 57.2 Å². The fourth-order valence-corrected chi connectivity index (χ4v) is 3.12. The molecule has 0 heterocycles. The number of amides is 1. The number of alkyl halides is 3. The van der Waals surface area contributed by atoms with E-state index in [1.165, 1.54) is 25.0 Å². The molecule has 1 saturated carbocycles. The molecule has 1 amide bonds. The van der Waals surface area contributed by atoms with E-state index in [2.05, 4.69) is 10.6 Å². The molecule has 2 rings (SSSR count). The third kappa shape index (κ3) is 5.89. The Morgan fingerprint density at radius 1 is 1.17 bits per heavy atom. The number of hydrogen-bond donors (Lipinski definition) is 2. The van der Waals surface area contributed by atoms with E-state index in [1.54, 1.807) is 0 Å². The Balaban J connectivity index is 1.80. The number of hydrogen-bond acceptors (Lipinski definition) is 2. The molecular weight excluding hydrogens is 341 g/mol. The van der Waals surface area contributed by atoms with Crippen LogP contribution in [-0.4, -0.2) is 18.5 Å². The van der Waals surface area contributed by atoms with Gasteiger partial charge in [0.05, 0.1) is 10.6 Å². The van der Waals surface area contributed by atoms with Crippen LogP contribution in [0.25, 0.3) is 0 Å². The number of halogens is 4. The van der Waals surface area contributed by atoms with Gasteiger partial charge in [0.15, 0.2) is 0 Å². The Morgan fingerprint density at radius 3 is 2.46 bits per heavy atom. The normalized spacial score (nSPS) is 16.5. The largest absolute Gasteiger partial charge is 0.417 e. The minimum absolute atomic E-state index is 0.0700. The molecule has 0 atom stereocenters. The van der Waals surface area contributed by atoms with E-state index in [1.807, 2.05) is 0 Å². The van der Waals surface area contributed by atoms with Gasteiger partial charge in [0.2, 0.25) is 5.91 Å². The lowest BCUT2D eigenvalue weighted by Crippen LogP contribution is -2.35. The highest BCUT2D eigenvalue weighted by molar-refractivity contribution is 6.31. The van der Waals surface area contributed by atoms with Crippen molar-refractivity contribution in [2.24, 2.45) is 0 Å². The first-order chi connectivity index (χ1) is 11.4. The maximum Gasteiger partial charge on any atom is 0.417 e. The number of carbonyl (C=O) groups is 1. The van der Waals surface area contributed by atoms with Gasteiger partial charge in [-0.05, 0) is 31.0 Å². The molecule has 0 aromatic heterocycles. The van der Waals surface area contributed by atoms with Crippen molar-refractivity contribution in [3.05, 3.63) is 28.8 Å². The summed E-state index contributed by atoms with van der Waals surface area (Å²) < 4.78 is 38.4. The second kappa shape index (κ2) is 8.60. The summed E-state index contributed by atoms with van der Waals surface area (Å²) >= 11 is 5.58. The zero-order chi connectivity index (χ0) is 17.6. The highest BCUT2D eigenvalue weighted by Crippen LogP contribution is 2.36. The second-order valence-corrected chi connectivity index (χ2v) is 6.53. The summed E-state index contributed by atoms with van der Waals surface area (Å²) in [4.78, 5) is 11.9. The SMILES string of the molecule is O=C(CCNc1ccc(Cl)c(C(F)(F)F)c1)NC1CCCCCC1. The van der Waals surface area contributed by atoms with Crippen molar-refractivity contribution in [3.63, 3.8) is 0 Å². The Hall–Kier alpha value is -1.43. The molecule has 7 heteroatoms. The lowest BCUT2D eigenvalue weighted by molar-refractivity contribution is -0.137. The Morgan fingerprint density at radius 2 is 1.83 bits per heavy atom. The first-order valence-corrected chi connectivity index (χ1v) is 8.64. The van der Waals surface area contributed by atoms with Crippen LogP contribution >= 0.6 is 11.6 Å². The number of carbonyl (C=O) groups excluding carboxylic acids is 1. The van der Waals surface area contributed by atoms with Crippen LogP contribution in [0, 0.1) is 0 Å². The molecular formula is C17H22ClF3N2O. The first kappa shape index (κ1) is 18.9. The molecule has 3 nitrogen and oxygen atoms in total. The van der Waals surface area contributed by atoms with Crippen molar-refractivity contribution in [2.75, 3.05) is 11.9 Å². The van der Waals surface area contributed by atoms with E-state index >= 15 is 0 Å². The first-order valence-electron chi connectivity index (χ1n) is 8.26. The molecule has 1 fully saturated rings. The fourth-order valence-electron chi connectivity index (χ4n) is 2.90. The molecule has 1 aromatic rings. The standard InChI is InChI=1S/C17H22ClF3N2O/c18-15-8-7-13(11-14(15)17(19,20)21)22-10-9-16(24)23-12-5-3-1-2-4-6-12/h7-8,11-12,22H,1-6,9-10H2,(H,23,24). The Kier molecular flexibility index (Phi) is 6.78. The molecule has 0 saturated heterocycles. The highest BCUT2D eigenvalue weighted by Gasteiger charge is 2.33. The summed E-state index contributed by atoms with van der Waals surface area (Å²) in [5.74, 6) is -0.0700. The molecule has 134 valence electrons. The number of anilines is 1. The molecule has 0 aliphatic heterocycles. The number of rotatable bonds is 5. The van der Waals surface area contributed by atoms with Crippen LogP contribution in [0.5, 0.6) is 0 Å². The minimum Gasteiger partial charge on any atom is -0.385 e. The van der Waals surface area contributed by atoms with Gasteiger partial charge in [0.1, 0.15) is 0 Å². The summed E-state index contributed by atoms with van der Waals surface area (Å²) in [5, 5.41) is 5.52. The molecule has 0 unspecified atom stereocenters. The summed E-state index contributed by atoms with van der Waals surface area (Å²) in [6, 6.07) is 3.87. The lowest BCUT2D eigenvalue weighted by atomic mass is 10.1. The highest BCUT2D eigenvalue weighted by atomic mass is 35.5. The Bertz CT molecular complexity index is 555. The minimum atomic E-state index is -4.49. The van der Waals surface area contributed by atoms with Crippen LogP contribution in [0.1, 0.15) is 50.5 Å². The third-order valence-corrected chi connectivity index (χ3v) is 4.50. The van der Waals surface area contributed by atoms with Gasteiger partial charge >= 0.3 is 6.18 Å². The van der Waals surface area contributed by atoms with Crippen molar-refractivity contribution in [3.8, 4) is 0 Å². The van der Waals surface area contributed by atoms with Gasteiger partial charge in [-0.15, -0.1) is 0 Å². The van der Waals surface area contributed by atoms with Gasteiger partial charge < -0.3 is 10.6 Å². The number of nitrogens with one attached hydrogen (secondary N) is 2. The molecule has 0 spiro atoms. The quantitative estimate of drug-likeness (QED) is 0.724. The third-order valence-electron chi connectivity index (χ3n) is 4.17. The zero-order valence-corrected chi connectivity index (χ0v) is 14.1. The average molecular weight is 363 g/mol. The van der Waals surface area contributed by atoms with Gasteiger partial charge in [-0.25, -0.2) is 0 Å². The van der Waals surface area contributed by atoms with Crippen LogP contribution < -0.4 is 10.6 Å². The molecule has 2 N–H and O–H groups in total. The summed E-state index contributed by atoms with van der Waals surface area (Å²) in [7, 11) is 0. The number of benzene rings is 1. The molecule has 24 heavy (non-hydrogen) atoms.